The molecule has 0 amide bonds. The Morgan fingerprint density at radius 3 is 2.75 bits per heavy atom. The molecule has 3 N–H and O–H groups in total. The largest absolute Gasteiger partial charge is 0.438 e. The highest BCUT2D eigenvalue weighted by molar-refractivity contribution is 5.25. The Morgan fingerprint density at radius 2 is 2.19 bits per heavy atom. The Hall–Kier alpha value is -2.02. The van der Waals surface area contributed by atoms with E-state index >= 15 is 0 Å². The lowest BCUT2D eigenvalue weighted by atomic mass is 10.1. The molecule has 7 heteroatoms. The van der Waals surface area contributed by atoms with Crippen LogP contribution in [0.15, 0.2) is 27.5 Å². The molecule has 0 aliphatic rings. The minimum absolute atomic E-state index is 0.0180. The zero-order valence-corrected chi connectivity index (χ0v) is 7.91. The third kappa shape index (κ3) is 1.84. The van der Waals surface area contributed by atoms with Crippen LogP contribution in [0.5, 0.6) is 0 Å². The second kappa shape index (κ2) is 3.86. The predicted octanol–water partition coefficient (Wildman–Crippen LogP) is 0.689. The number of nitrogens with one attached hydrogen (secondary N) is 1. The standard InChI is InChI=1S/C9H7F2N3O2/c10-4-1-2-5(6(11)3-4)7(12)8-13-9(15)16-14-8/h1-3,7H,12H2,(H,13,14,15). The van der Waals surface area contributed by atoms with Gasteiger partial charge in [0.1, 0.15) is 11.6 Å². The van der Waals surface area contributed by atoms with Crippen molar-refractivity contribution in [1.29, 1.82) is 0 Å². The van der Waals surface area contributed by atoms with Crippen LogP contribution in [-0.2, 0) is 0 Å². The normalized spacial score (nSPS) is 12.7. The van der Waals surface area contributed by atoms with Crippen LogP contribution in [0.1, 0.15) is 17.4 Å². The van der Waals surface area contributed by atoms with E-state index in [0.717, 1.165) is 6.07 Å². The molecular weight excluding hydrogens is 220 g/mol. The summed E-state index contributed by atoms with van der Waals surface area (Å²) in [5, 5.41) is 3.33. The van der Waals surface area contributed by atoms with Gasteiger partial charge >= 0.3 is 5.76 Å². The summed E-state index contributed by atoms with van der Waals surface area (Å²) >= 11 is 0. The molecule has 0 bridgehead atoms. The van der Waals surface area contributed by atoms with E-state index in [-0.39, 0.29) is 11.4 Å². The molecule has 1 aromatic carbocycles. The molecule has 0 fully saturated rings. The van der Waals surface area contributed by atoms with Gasteiger partial charge in [-0.25, -0.2) is 13.6 Å². The van der Waals surface area contributed by atoms with E-state index in [4.69, 9.17) is 5.73 Å². The van der Waals surface area contributed by atoms with Gasteiger partial charge in [0.15, 0.2) is 5.82 Å². The average Bonchev–Trinajstić information content (AvgIpc) is 2.64. The second-order valence-corrected chi connectivity index (χ2v) is 3.12. The first-order chi connectivity index (χ1) is 7.58. The molecule has 84 valence electrons. The summed E-state index contributed by atoms with van der Waals surface area (Å²) in [5.74, 6) is -2.32. The predicted molar refractivity (Wildman–Crippen MR) is 49.5 cm³/mol. The molecule has 2 rings (SSSR count). The van der Waals surface area contributed by atoms with Crippen molar-refractivity contribution in [2.24, 2.45) is 5.73 Å². The van der Waals surface area contributed by atoms with E-state index in [9.17, 15) is 13.6 Å². The highest BCUT2D eigenvalue weighted by Crippen LogP contribution is 2.19. The van der Waals surface area contributed by atoms with Crippen molar-refractivity contribution in [2.45, 2.75) is 6.04 Å². The summed E-state index contributed by atoms with van der Waals surface area (Å²) < 4.78 is 30.2. The highest BCUT2D eigenvalue weighted by atomic mass is 19.1. The lowest BCUT2D eigenvalue weighted by Gasteiger charge is -2.08. The molecule has 0 aliphatic heterocycles. The van der Waals surface area contributed by atoms with Crippen LogP contribution in [0.4, 0.5) is 8.78 Å². The van der Waals surface area contributed by atoms with Crippen molar-refractivity contribution < 1.29 is 13.3 Å². The van der Waals surface area contributed by atoms with Gasteiger partial charge in [0, 0.05) is 11.6 Å². The number of hydrogen-bond acceptors (Lipinski definition) is 4. The van der Waals surface area contributed by atoms with E-state index in [0.29, 0.717) is 6.07 Å². The fourth-order valence-electron chi connectivity index (χ4n) is 1.28. The maximum absolute atomic E-state index is 13.3. The zero-order valence-electron chi connectivity index (χ0n) is 7.91. The van der Waals surface area contributed by atoms with Crippen molar-refractivity contribution in [3.63, 3.8) is 0 Å². The van der Waals surface area contributed by atoms with Crippen molar-refractivity contribution in [3.8, 4) is 0 Å². The van der Waals surface area contributed by atoms with Crippen LogP contribution < -0.4 is 11.5 Å². The topological polar surface area (TPSA) is 84.9 Å². The third-order valence-corrected chi connectivity index (χ3v) is 2.05. The van der Waals surface area contributed by atoms with Gasteiger partial charge in [-0.3, -0.25) is 9.51 Å². The summed E-state index contributed by atoms with van der Waals surface area (Å²) in [6.07, 6.45) is 0. The maximum Gasteiger partial charge on any atom is 0.438 e. The monoisotopic (exact) mass is 227 g/mol. The summed E-state index contributed by atoms with van der Waals surface area (Å²) in [4.78, 5) is 12.9. The van der Waals surface area contributed by atoms with E-state index in [1.807, 2.05) is 0 Å². The molecule has 0 saturated carbocycles. The quantitative estimate of drug-likeness (QED) is 0.790. The van der Waals surface area contributed by atoms with Gasteiger partial charge in [-0.15, -0.1) is 0 Å². The number of aromatic nitrogens is 2. The Labute approximate surface area is 87.9 Å². The van der Waals surface area contributed by atoms with Gasteiger partial charge in [0.05, 0.1) is 6.04 Å². The molecule has 1 aromatic heterocycles. The molecule has 0 radical (unpaired) electrons. The average molecular weight is 227 g/mol. The third-order valence-electron chi connectivity index (χ3n) is 2.05. The molecule has 1 unspecified atom stereocenters. The molecule has 2 aromatic rings. The molecule has 1 atom stereocenters. The Morgan fingerprint density at radius 1 is 1.44 bits per heavy atom. The first-order valence-corrected chi connectivity index (χ1v) is 4.34. The Bertz CT molecular complexity index is 564. The molecule has 0 spiro atoms. The van der Waals surface area contributed by atoms with Gasteiger partial charge in [-0.05, 0) is 6.07 Å². The van der Waals surface area contributed by atoms with Gasteiger partial charge < -0.3 is 5.73 Å². The lowest BCUT2D eigenvalue weighted by molar-refractivity contribution is 0.379. The van der Waals surface area contributed by atoms with Crippen LogP contribution in [0.2, 0.25) is 0 Å². The number of H-pyrrole nitrogens is 1. The smallest absolute Gasteiger partial charge is 0.318 e. The molecule has 5 nitrogen and oxygen atoms in total. The molecule has 0 saturated heterocycles. The number of halogens is 2. The first kappa shape index (κ1) is 10.5. The number of rotatable bonds is 2. The SMILES string of the molecule is NC(c1noc(=O)[nH]1)c1ccc(F)cc1F. The lowest BCUT2D eigenvalue weighted by Crippen LogP contribution is -2.16. The van der Waals surface area contributed by atoms with E-state index < -0.39 is 23.4 Å². The second-order valence-electron chi connectivity index (χ2n) is 3.12. The van der Waals surface area contributed by atoms with E-state index in [1.165, 1.54) is 6.07 Å². The number of nitrogens with zero attached hydrogens (tertiary/aromatic N) is 1. The van der Waals surface area contributed by atoms with Crippen molar-refractivity contribution in [2.75, 3.05) is 0 Å². The Balaban J connectivity index is 2.41. The summed E-state index contributed by atoms with van der Waals surface area (Å²) in [7, 11) is 0. The summed E-state index contributed by atoms with van der Waals surface area (Å²) in [6, 6.07) is 1.94. The van der Waals surface area contributed by atoms with Crippen molar-refractivity contribution in [1.82, 2.24) is 10.1 Å². The van der Waals surface area contributed by atoms with Crippen LogP contribution in [0.25, 0.3) is 0 Å². The summed E-state index contributed by atoms with van der Waals surface area (Å²) in [6.45, 7) is 0. The highest BCUT2D eigenvalue weighted by Gasteiger charge is 2.18. The maximum atomic E-state index is 13.3. The zero-order chi connectivity index (χ0) is 11.7. The number of aromatic amines is 1. The molecule has 0 aliphatic carbocycles. The molecule has 1 heterocycles. The van der Waals surface area contributed by atoms with Gasteiger partial charge in [0.25, 0.3) is 0 Å². The Kier molecular flexibility index (Phi) is 2.53. The minimum atomic E-state index is -1.01. The van der Waals surface area contributed by atoms with E-state index in [2.05, 4.69) is 14.7 Å². The van der Waals surface area contributed by atoms with Crippen LogP contribution in [-0.4, -0.2) is 10.1 Å². The number of hydrogen-bond donors (Lipinski definition) is 2. The van der Waals surface area contributed by atoms with Crippen molar-refractivity contribution >= 4 is 0 Å². The van der Waals surface area contributed by atoms with E-state index in [1.54, 1.807) is 0 Å². The number of nitrogens with two attached hydrogens (primary N) is 1. The fourth-order valence-corrected chi connectivity index (χ4v) is 1.28. The molecular formula is C9H7F2N3O2. The van der Waals surface area contributed by atoms with Gasteiger partial charge in [-0.2, -0.15) is 0 Å². The number of benzene rings is 1. The van der Waals surface area contributed by atoms with Crippen LogP contribution in [0, 0.1) is 11.6 Å². The fraction of sp³-hybridized carbons (Fsp3) is 0.111. The summed E-state index contributed by atoms with van der Waals surface area (Å²) in [5.41, 5.74) is 5.64. The van der Waals surface area contributed by atoms with Gasteiger partial charge in [0.2, 0.25) is 0 Å². The minimum Gasteiger partial charge on any atom is -0.318 e. The van der Waals surface area contributed by atoms with Gasteiger partial charge in [-0.1, -0.05) is 11.2 Å². The first-order valence-electron chi connectivity index (χ1n) is 4.34. The molecule has 16 heavy (non-hydrogen) atoms. The van der Waals surface area contributed by atoms with Crippen molar-refractivity contribution in [3.05, 3.63) is 51.8 Å². The van der Waals surface area contributed by atoms with Crippen LogP contribution >= 0.6 is 0 Å². The van der Waals surface area contributed by atoms with Crippen LogP contribution in [0.3, 0.4) is 0 Å².